The first-order valence-corrected chi connectivity index (χ1v) is 5.57. The lowest BCUT2D eigenvalue weighted by molar-refractivity contribution is 0.152. The third-order valence-corrected chi connectivity index (χ3v) is 2.74. The monoisotopic (exact) mass is 269 g/mol. The lowest BCUT2D eigenvalue weighted by atomic mass is 10.0. The number of ether oxygens (including phenoxy) is 1. The summed E-state index contributed by atoms with van der Waals surface area (Å²) in [5, 5.41) is 0.408. The summed E-state index contributed by atoms with van der Waals surface area (Å²) in [4.78, 5) is 3.94. The predicted octanol–water partition coefficient (Wildman–Crippen LogP) is 4.35. The van der Waals surface area contributed by atoms with E-state index >= 15 is 0 Å². The van der Waals surface area contributed by atoms with Crippen LogP contribution in [0.5, 0.6) is 5.88 Å². The molecule has 0 aliphatic heterocycles. The zero-order chi connectivity index (χ0) is 13.1. The molecule has 1 aromatic carbocycles. The van der Waals surface area contributed by atoms with Gasteiger partial charge >= 0.3 is 0 Å². The van der Waals surface area contributed by atoms with E-state index in [9.17, 15) is 8.78 Å². The van der Waals surface area contributed by atoms with E-state index in [0.717, 1.165) is 0 Å². The van der Waals surface area contributed by atoms with Gasteiger partial charge in [-0.05, 0) is 29.3 Å². The van der Waals surface area contributed by atoms with Crippen LogP contribution < -0.4 is 4.74 Å². The lowest BCUT2D eigenvalue weighted by Gasteiger charge is -2.10. The molecule has 5 heteroatoms. The van der Waals surface area contributed by atoms with Crippen molar-refractivity contribution in [2.75, 3.05) is 7.11 Å². The third kappa shape index (κ3) is 2.59. The Kier molecular flexibility index (Phi) is 3.77. The molecule has 0 fully saturated rings. The maximum Gasteiger partial charge on any atom is 0.264 e. The number of nitrogens with zero attached hydrogens (tertiary/aromatic N) is 1. The minimum Gasteiger partial charge on any atom is -0.481 e. The molecule has 0 N–H and O–H groups in total. The van der Waals surface area contributed by atoms with Crippen LogP contribution in [0.3, 0.4) is 0 Å². The second-order valence-corrected chi connectivity index (χ2v) is 4.06. The van der Waals surface area contributed by atoms with E-state index in [1.165, 1.54) is 31.5 Å². The number of aromatic nitrogens is 1. The largest absolute Gasteiger partial charge is 0.481 e. The quantitative estimate of drug-likeness (QED) is 0.826. The number of methoxy groups -OCH3 is 1. The van der Waals surface area contributed by atoms with Gasteiger partial charge in [0.1, 0.15) is 0 Å². The van der Waals surface area contributed by atoms with Gasteiger partial charge < -0.3 is 4.74 Å². The van der Waals surface area contributed by atoms with Crippen molar-refractivity contribution in [3.8, 4) is 17.0 Å². The predicted molar refractivity (Wildman–Crippen MR) is 66.2 cm³/mol. The molecule has 0 unspecified atom stereocenters. The van der Waals surface area contributed by atoms with Gasteiger partial charge in [0.15, 0.2) is 0 Å². The maximum atomic E-state index is 12.9. The summed E-state index contributed by atoms with van der Waals surface area (Å²) in [5.74, 6) is 0.368. The van der Waals surface area contributed by atoms with Crippen molar-refractivity contribution in [2.24, 2.45) is 0 Å². The molecule has 0 spiro atoms. The standard InChI is InChI=1S/C13H10ClF2NO/c1-18-12-6-8(4-5-17-12)11-7-9(14)2-3-10(11)13(15)16/h2-7,13H,1H3. The Balaban J connectivity index is 2.57. The fourth-order valence-corrected chi connectivity index (χ4v) is 1.83. The Morgan fingerprint density at radius 2 is 2.00 bits per heavy atom. The average molecular weight is 270 g/mol. The van der Waals surface area contributed by atoms with Crippen molar-refractivity contribution in [1.82, 2.24) is 4.98 Å². The molecule has 0 amide bonds. The van der Waals surface area contributed by atoms with Crippen molar-refractivity contribution in [1.29, 1.82) is 0 Å². The zero-order valence-electron chi connectivity index (χ0n) is 9.53. The van der Waals surface area contributed by atoms with E-state index in [2.05, 4.69) is 4.98 Å². The minimum atomic E-state index is -2.56. The molecule has 0 saturated carbocycles. The average Bonchev–Trinajstić information content (AvgIpc) is 2.38. The molecule has 0 saturated heterocycles. The van der Waals surface area contributed by atoms with Crippen LogP contribution in [0.1, 0.15) is 12.0 Å². The molecule has 2 aromatic rings. The Morgan fingerprint density at radius 3 is 2.67 bits per heavy atom. The van der Waals surface area contributed by atoms with Gasteiger partial charge in [0, 0.05) is 22.8 Å². The lowest BCUT2D eigenvalue weighted by Crippen LogP contribution is -1.92. The van der Waals surface area contributed by atoms with Gasteiger partial charge in [0.25, 0.3) is 6.43 Å². The van der Waals surface area contributed by atoms with Gasteiger partial charge in [0.05, 0.1) is 7.11 Å². The number of benzene rings is 1. The molecular weight excluding hydrogens is 260 g/mol. The van der Waals surface area contributed by atoms with Gasteiger partial charge in [-0.3, -0.25) is 0 Å². The summed E-state index contributed by atoms with van der Waals surface area (Å²) in [6, 6.07) is 7.52. The third-order valence-electron chi connectivity index (χ3n) is 2.51. The smallest absolute Gasteiger partial charge is 0.264 e. The van der Waals surface area contributed by atoms with Crippen molar-refractivity contribution in [3.63, 3.8) is 0 Å². The topological polar surface area (TPSA) is 22.1 Å². The highest BCUT2D eigenvalue weighted by Crippen LogP contribution is 2.34. The Labute approximate surface area is 108 Å². The second kappa shape index (κ2) is 5.31. The van der Waals surface area contributed by atoms with E-state index in [-0.39, 0.29) is 5.56 Å². The number of hydrogen-bond acceptors (Lipinski definition) is 2. The van der Waals surface area contributed by atoms with Gasteiger partial charge in [-0.1, -0.05) is 17.7 Å². The SMILES string of the molecule is COc1cc(-c2cc(Cl)ccc2C(F)F)ccn1. The van der Waals surface area contributed by atoms with Crippen molar-refractivity contribution in [2.45, 2.75) is 6.43 Å². The first-order chi connectivity index (χ1) is 8.61. The fraction of sp³-hybridized carbons (Fsp3) is 0.154. The number of pyridine rings is 1. The highest BCUT2D eigenvalue weighted by Gasteiger charge is 2.15. The summed E-state index contributed by atoms with van der Waals surface area (Å²) in [6.07, 6.45) is -1.05. The van der Waals surface area contributed by atoms with Gasteiger partial charge in [-0.25, -0.2) is 13.8 Å². The fourth-order valence-electron chi connectivity index (χ4n) is 1.66. The number of alkyl halides is 2. The van der Waals surface area contributed by atoms with Gasteiger partial charge in [0.2, 0.25) is 5.88 Å². The highest BCUT2D eigenvalue weighted by atomic mass is 35.5. The van der Waals surface area contributed by atoms with E-state index in [1.54, 1.807) is 12.1 Å². The summed E-state index contributed by atoms with van der Waals surface area (Å²) in [7, 11) is 1.47. The number of hydrogen-bond donors (Lipinski definition) is 0. The minimum absolute atomic E-state index is 0.0624. The highest BCUT2D eigenvalue weighted by molar-refractivity contribution is 6.30. The molecule has 0 atom stereocenters. The van der Waals surface area contributed by atoms with Crippen LogP contribution in [0.15, 0.2) is 36.5 Å². The Bertz CT molecular complexity index is 560. The summed E-state index contributed by atoms with van der Waals surface area (Å²) in [6.45, 7) is 0. The van der Waals surface area contributed by atoms with E-state index in [1.807, 2.05) is 0 Å². The first kappa shape index (κ1) is 12.8. The summed E-state index contributed by atoms with van der Waals surface area (Å²) in [5.41, 5.74) is 0.922. The molecular formula is C13H10ClF2NO. The molecule has 18 heavy (non-hydrogen) atoms. The normalized spacial score (nSPS) is 10.7. The van der Waals surface area contributed by atoms with Gasteiger partial charge in [-0.15, -0.1) is 0 Å². The number of rotatable bonds is 3. The molecule has 0 bridgehead atoms. The van der Waals surface area contributed by atoms with E-state index < -0.39 is 6.43 Å². The van der Waals surface area contributed by atoms with Crippen LogP contribution in [0.4, 0.5) is 8.78 Å². The molecule has 0 radical (unpaired) electrons. The van der Waals surface area contributed by atoms with Gasteiger partial charge in [-0.2, -0.15) is 0 Å². The van der Waals surface area contributed by atoms with Crippen LogP contribution >= 0.6 is 11.6 Å². The zero-order valence-corrected chi connectivity index (χ0v) is 10.3. The first-order valence-electron chi connectivity index (χ1n) is 5.20. The van der Waals surface area contributed by atoms with Crippen LogP contribution in [0.25, 0.3) is 11.1 Å². The van der Waals surface area contributed by atoms with E-state index in [4.69, 9.17) is 16.3 Å². The molecule has 0 aliphatic carbocycles. The molecule has 2 nitrogen and oxygen atoms in total. The van der Waals surface area contributed by atoms with Crippen molar-refractivity contribution in [3.05, 3.63) is 47.1 Å². The van der Waals surface area contributed by atoms with Crippen LogP contribution in [-0.4, -0.2) is 12.1 Å². The Morgan fingerprint density at radius 1 is 1.22 bits per heavy atom. The molecule has 1 heterocycles. The van der Waals surface area contributed by atoms with Crippen molar-refractivity contribution >= 4 is 11.6 Å². The number of halogens is 3. The summed E-state index contributed by atoms with van der Waals surface area (Å²) >= 11 is 5.85. The van der Waals surface area contributed by atoms with Crippen LogP contribution in [-0.2, 0) is 0 Å². The molecule has 2 rings (SSSR count). The Hall–Kier alpha value is -1.68. The molecule has 1 aromatic heterocycles. The summed E-state index contributed by atoms with van der Waals surface area (Å²) < 4.78 is 30.9. The second-order valence-electron chi connectivity index (χ2n) is 3.62. The molecule has 0 aliphatic rings. The molecule has 94 valence electrons. The maximum absolute atomic E-state index is 12.9. The van der Waals surface area contributed by atoms with Crippen molar-refractivity contribution < 1.29 is 13.5 Å². The van der Waals surface area contributed by atoms with Crippen LogP contribution in [0.2, 0.25) is 5.02 Å². The van der Waals surface area contributed by atoms with Crippen LogP contribution in [0, 0.1) is 0 Å². The van der Waals surface area contributed by atoms with E-state index in [0.29, 0.717) is 22.0 Å².